The summed E-state index contributed by atoms with van der Waals surface area (Å²) in [4.78, 5) is 0. The van der Waals surface area contributed by atoms with Gasteiger partial charge in [-0.25, -0.2) is 0 Å². The van der Waals surface area contributed by atoms with Crippen LogP contribution in [0.1, 0.15) is 0 Å². The second-order valence-corrected chi connectivity index (χ2v) is 5.28. The van der Waals surface area contributed by atoms with Crippen LogP contribution in [-0.4, -0.2) is 21.3 Å². The highest BCUT2D eigenvalue weighted by atomic mass is 35.5. The highest BCUT2D eigenvalue weighted by Crippen LogP contribution is 2.41. The number of benzene rings is 1. The number of nitrogens with two attached hydrogens (primary N) is 2. The Labute approximate surface area is 125 Å². The number of aromatic amines is 1. The summed E-state index contributed by atoms with van der Waals surface area (Å²) in [6, 6.07) is 1.67. The minimum absolute atomic E-state index is 0.437. The smallest absolute Gasteiger partial charge is 0.0837 e. The Bertz CT molecular complexity index is 761. The van der Waals surface area contributed by atoms with Crippen molar-refractivity contribution < 1.29 is 0 Å². The molecule has 0 atom stereocenters. The number of rotatable bonds is 3. The molecular formula is C13H13Cl2N5. The predicted molar refractivity (Wildman–Crippen MR) is 83.0 cm³/mol. The quantitative estimate of drug-likeness (QED) is 0.650. The van der Waals surface area contributed by atoms with Crippen LogP contribution >= 0.6 is 23.2 Å². The molecule has 0 bridgehead atoms. The predicted octanol–water partition coefficient (Wildman–Crippen LogP) is 2.88. The van der Waals surface area contributed by atoms with E-state index >= 15 is 0 Å². The molecule has 0 fully saturated rings. The van der Waals surface area contributed by atoms with Gasteiger partial charge in [0.15, 0.2) is 0 Å². The van der Waals surface area contributed by atoms with E-state index in [1.165, 1.54) is 0 Å². The third-order valence-electron chi connectivity index (χ3n) is 3.25. The molecule has 2 aromatic heterocycles. The number of halogens is 2. The molecule has 5 N–H and O–H groups in total. The molecule has 3 aromatic rings. The maximum absolute atomic E-state index is 6.34. The number of H-pyrrole nitrogens is 1. The number of nitrogens with one attached hydrogen (secondary N) is 1. The molecule has 5 nitrogen and oxygen atoms in total. The molecule has 0 unspecified atom stereocenters. The van der Waals surface area contributed by atoms with Crippen LogP contribution in [0.25, 0.3) is 22.0 Å². The molecule has 0 saturated heterocycles. The molecule has 0 spiro atoms. The van der Waals surface area contributed by atoms with Crippen molar-refractivity contribution in [3.63, 3.8) is 0 Å². The van der Waals surface area contributed by atoms with Gasteiger partial charge in [0.25, 0.3) is 0 Å². The Kier molecular flexibility index (Phi) is 3.33. The molecular weight excluding hydrogens is 297 g/mol. The number of nitrogens with zero attached hydrogens (tertiary/aromatic N) is 2. The lowest BCUT2D eigenvalue weighted by atomic mass is 10.1. The highest BCUT2D eigenvalue weighted by Gasteiger charge is 2.18. The first-order valence-electron chi connectivity index (χ1n) is 6.09. The monoisotopic (exact) mass is 309 g/mol. The second-order valence-electron chi connectivity index (χ2n) is 4.50. The summed E-state index contributed by atoms with van der Waals surface area (Å²) in [5.74, 6) is 0. The minimum atomic E-state index is 0.437. The number of fused-ring (bicyclic) bond motifs is 1. The fourth-order valence-corrected chi connectivity index (χ4v) is 2.87. The van der Waals surface area contributed by atoms with E-state index in [0.717, 1.165) is 22.0 Å². The average molecular weight is 310 g/mol. The van der Waals surface area contributed by atoms with Gasteiger partial charge in [0.2, 0.25) is 0 Å². The molecule has 0 aliphatic carbocycles. The zero-order valence-corrected chi connectivity index (χ0v) is 12.0. The van der Waals surface area contributed by atoms with Gasteiger partial charge in [-0.15, -0.1) is 0 Å². The van der Waals surface area contributed by atoms with Crippen LogP contribution in [0.15, 0.2) is 24.7 Å². The number of aromatic nitrogens is 3. The van der Waals surface area contributed by atoms with Gasteiger partial charge in [0.05, 0.1) is 21.8 Å². The third kappa shape index (κ3) is 1.95. The maximum atomic E-state index is 6.34. The van der Waals surface area contributed by atoms with Crippen molar-refractivity contribution in [3.05, 3.63) is 34.7 Å². The van der Waals surface area contributed by atoms with E-state index in [2.05, 4.69) is 10.2 Å². The fourth-order valence-electron chi connectivity index (χ4n) is 2.40. The largest absolute Gasteiger partial charge is 0.398 e. The van der Waals surface area contributed by atoms with Crippen LogP contribution in [0.5, 0.6) is 0 Å². The van der Waals surface area contributed by atoms with Gasteiger partial charge in [-0.05, 0) is 6.07 Å². The van der Waals surface area contributed by atoms with Gasteiger partial charge in [0.1, 0.15) is 0 Å². The second kappa shape index (κ2) is 5.01. The summed E-state index contributed by atoms with van der Waals surface area (Å²) in [5.41, 5.74) is 15.1. The average Bonchev–Trinajstić information content (AvgIpc) is 3.03. The molecule has 20 heavy (non-hydrogen) atoms. The van der Waals surface area contributed by atoms with E-state index in [0.29, 0.717) is 28.8 Å². The van der Waals surface area contributed by atoms with E-state index in [1.807, 2.05) is 17.0 Å². The van der Waals surface area contributed by atoms with Gasteiger partial charge >= 0.3 is 0 Å². The van der Waals surface area contributed by atoms with Gasteiger partial charge in [-0.2, -0.15) is 5.10 Å². The summed E-state index contributed by atoms with van der Waals surface area (Å²) >= 11 is 12.5. The van der Waals surface area contributed by atoms with E-state index in [1.54, 1.807) is 12.3 Å². The Hall–Kier alpha value is -1.69. The SMILES string of the molecule is NCCn1cc(-c2cn[nH]c2)c2c(N)cc(Cl)c(Cl)c21. The van der Waals surface area contributed by atoms with Gasteiger partial charge < -0.3 is 16.0 Å². The maximum Gasteiger partial charge on any atom is 0.0837 e. The van der Waals surface area contributed by atoms with Crippen molar-refractivity contribution >= 4 is 39.8 Å². The van der Waals surface area contributed by atoms with Crippen molar-refractivity contribution in [1.29, 1.82) is 0 Å². The van der Waals surface area contributed by atoms with Crippen molar-refractivity contribution in [1.82, 2.24) is 14.8 Å². The molecule has 0 aliphatic heterocycles. The molecule has 1 aromatic carbocycles. The summed E-state index contributed by atoms with van der Waals surface area (Å²) < 4.78 is 1.97. The zero-order chi connectivity index (χ0) is 14.3. The van der Waals surface area contributed by atoms with Crippen LogP contribution in [0.2, 0.25) is 10.0 Å². The van der Waals surface area contributed by atoms with Crippen molar-refractivity contribution in [2.24, 2.45) is 5.73 Å². The topological polar surface area (TPSA) is 85.7 Å². The summed E-state index contributed by atoms with van der Waals surface area (Å²) in [6.45, 7) is 1.13. The Morgan fingerprint density at radius 3 is 2.80 bits per heavy atom. The molecule has 7 heteroatoms. The number of hydrogen-bond donors (Lipinski definition) is 3. The third-order valence-corrected chi connectivity index (χ3v) is 4.02. The molecule has 0 amide bonds. The standard InChI is InChI=1S/C13H13Cl2N5/c14-9-3-10(17)11-8(7-4-18-19-5-7)6-20(2-1-16)13(11)12(9)15/h3-6H,1-2,16-17H2,(H,18,19). The molecule has 2 heterocycles. The zero-order valence-electron chi connectivity index (χ0n) is 10.5. The highest BCUT2D eigenvalue weighted by molar-refractivity contribution is 6.46. The van der Waals surface area contributed by atoms with E-state index < -0.39 is 0 Å². The Morgan fingerprint density at radius 2 is 2.15 bits per heavy atom. The van der Waals surface area contributed by atoms with Crippen LogP contribution in [-0.2, 0) is 6.54 Å². The summed E-state index contributed by atoms with van der Waals surface area (Å²) in [7, 11) is 0. The Balaban J connectivity index is 2.40. The fraction of sp³-hybridized carbons (Fsp3) is 0.154. The summed E-state index contributed by atoms with van der Waals surface area (Å²) in [6.07, 6.45) is 5.52. The van der Waals surface area contributed by atoms with E-state index in [9.17, 15) is 0 Å². The first-order valence-corrected chi connectivity index (χ1v) is 6.84. The van der Waals surface area contributed by atoms with Crippen LogP contribution in [0, 0.1) is 0 Å². The number of anilines is 1. The normalized spacial score (nSPS) is 11.3. The Morgan fingerprint density at radius 1 is 1.35 bits per heavy atom. The lowest BCUT2D eigenvalue weighted by Crippen LogP contribution is -2.08. The molecule has 0 aliphatic rings. The van der Waals surface area contributed by atoms with Gasteiger partial charge in [-0.1, -0.05) is 23.2 Å². The van der Waals surface area contributed by atoms with Crippen LogP contribution in [0.4, 0.5) is 5.69 Å². The van der Waals surface area contributed by atoms with Crippen molar-refractivity contribution in [2.75, 3.05) is 12.3 Å². The number of nitrogen functional groups attached to an aromatic ring is 1. The van der Waals surface area contributed by atoms with Crippen molar-refractivity contribution in [2.45, 2.75) is 6.54 Å². The lowest BCUT2D eigenvalue weighted by molar-refractivity contribution is 0.736. The van der Waals surface area contributed by atoms with Crippen molar-refractivity contribution in [3.8, 4) is 11.1 Å². The van der Waals surface area contributed by atoms with E-state index in [4.69, 9.17) is 34.7 Å². The van der Waals surface area contributed by atoms with E-state index in [-0.39, 0.29) is 0 Å². The minimum Gasteiger partial charge on any atom is -0.398 e. The molecule has 104 valence electrons. The lowest BCUT2D eigenvalue weighted by Gasteiger charge is -2.07. The molecule has 0 radical (unpaired) electrons. The first kappa shape index (κ1) is 13.3. The molecule has 3 rings (SSSR count). The number of hydrogen-bond acceptors (Lipinski definition) is 3. The summed E-state index contributed by atoms with van der Waals surface area (Å²) in [5, 5.41) is 8.56. The van der Waals surface area contributed by atoms with Gasteiger partial charge in [0, 0.05) is 47.7 Å². The van der Waals surface area contributed by atoms with Crippen LogP contribution in [0.3, 0.4) is 0 Å². The van der Waals surface area contributed by atoms with Gasteiger partial charge in [-0.3, -0.25) is 5.10 Å². The molecule has 0 saturated carbocycles. The first-order chi connectivity index (χ1) is 9.63. The van der Waals surface area contributed by atoms with Crippen LogP contribution < -0.4 is 11.5 Å².